The molecule has 0 radical (unpaired) electrons. The minimum absolute atomic E-state index is 0.512. The molecule has 0 aliphatic rings. The van der Waals surface area contributed by atoms with Gasteiger partial charge in [0.05, 0.1) is 0 Å². The van der Waals surface area contributed by atoms with Crippen molar-refractivity contribution in [3.05, 3.63) is 29.8 Å². The van der Waals surface area contributed by atoms with Crippen molar-refractivity contribution in [3.8, 4) is 0 Å². The van der Waals surface area contributed by atoms with Crippen LogP contribution >= 0.6 is 11.6 Å². The molecule has 0 spiro atoms. The van der Waals surface area contributed by atoms with Crippen LogP contribution in [0.5, 0.6) is 0 Å². The van der Waals surface area contributed by atoms with Gasteiger partial charge >= 0.3 is 6.03 Å². The zero-order chi connectivity index (χ0) is 13.5. The number of para-hydroxylation sites is 1. The van der Waals surface area contributed by atoms with Crippen LogP contribution in [0.1, 0.15) is 25.8 Å². The first kappa shape index (κ1) is 14.5. The number of carbonyl (C=O) groups excluding carboxylic acids is 2. The molecule has 0 aliphatic heterocycles. The molecule has 1 unspecified atom stereocenters. The van der Waals surface area contributed by atoms with E-state index in [1.165, 1.54) is 6.92 Å². The van der Waals surface area contributed by atoms with Crippen LogP contribution in [0.2, 0.25) is 0 Å². The number of imide groups is 1. The van der Waals surface area contributed by atoms with Crippen molar-refractivity contribution in [3.63, 3.8) is 0 Å². The highest BCUT2D eigenvalue weighted by Gasteiger charge is 2.13. The second-order valence-electron chi connectivity index (χ2n) is 3.97. The number of halogens is 1. The van der Waals surface area contributed by atoms with Gasteiger partial charge in [0.1, 0.15) is 5.38 Å². The Labute approximate surface area is 112 Å². The zero-order valence-electron chi connectivity index (χ0n) is 10.5. The highest BCUT2D eigenvalue weighted by atomic mass is 35.5. The van der Waals surface area contributed by atoms with Crippen molar-refractivity contribution in [2.24, 2.45) is 0 Å². The third kappa shape index (κ3) is 4.37. The van der Waals surface area contributed by atoms with Gasteiger partial charge in [-0.2, -0.15) is 0 Å². The Morgan fingerprint density at radius 2 is 2.00 bits per heavy atom. The smallest absolute Gasteiger partial charge is 0.307 e. The monoisotopic (exact) mass is 268 g/mol. The standard InChI is InChI=1S/C13H17ClN2O2/c1-3-6-10-7-4-5-8-11(10)15-13(18)16-12(17)9(2)14/h4-5,7-9H,3,6H2,1-2H3,(H2,15,16,17,18). The number of anilines is 1. The Morgan fingerprint density at radius 3 is 2.61 bits per heavy atom. The van der Waals surface area contributed by atoms with Gasteiger partial charge in [0.15, 0.2) is 0 Å². The second kappa shape index (κ2) is 7.01. The topological polar surface area (TPSA) is 58.2 Å². The molecule has 1 aromatic rings. The first-order valence-corrected chi connectivity index (χ1v) is 6.32. The average molecular weight is 269 g/mol. The van der Waals surface area contributed by atoms with Crippen LogP contribution in [-0.4, -0.2) is 17.3 Å². The fourth-order valence-corrected chi connectivity index (χ4v) is 1.55. The van der Waals surface area contributed by atoms with Crippen LogP contribution < -0.4 is 10.6 Å². The van der Waals surface area contributed by atoms with E-state index < -0.39 is 17.3 Å². The lowest BCUT2D eigenvalue weighted by Crippen LogP contribution is -2.38. The van der Waals surface area contributed by atoms with Gasteiger partial charge in [-0.25, -0.2) is 4.79 Å². The highest BCUT2D eigenvalue weighted by molar-refractivity contribution is 6.31. The number of amides is 3. The Bertz CT molecular complexity index is 433. The second-order valence-corrected chi connectivity index (χ2v) is 4.62. The average Bonchev–Trinajstić information content (AvgIpc) is 2.31. The van der Waals surface area contributed by atoms with Crippen LogP contribution in [0.3, 0.4) is 0 Å². The van der Waals surface area contributed by atoms with E-state index in [1.54, 1.807) is 6.07 Å². The maximum Gasteiger partial charge on any atom is 0.325 e. The van der Waals surface area contributed by atoms with Crippen LogP contribution in [0.15, 0.2) is 24.3 Å². The number of nitrogens with one attached hydrogen (secondary N) is 2. The van der Waals surface area contributed by atoms with Gasteiger partial charge < -0.3 is 5.32 Å². The molecule has 0 fully saturated rings. The van der Waals surface area contributed by atoms with Gasteiger partial charge in [-0.15, -0.1) is 11.6 Å². The van der Waals surface area contributed by atoms with Crippen LogP contribution in [-0.2, 0) is 11.2 Å². The van der Waals surface area contributed by atoms with E-state index in [2.05, 4.69) is 17.6 Å². The number of carbonyl (C=O) groups is 2. The summed E-state index contributed by atoms with van der Waals surface area (Å²) in [5.41, 5.74) is 1.76. The summed E-state index contributed by atoms with van der Waals surface area (Å²) in [7, 11) is 0. The number of urea groups is 1. The van der Waals surface area contributed by atoms with Crippen molar-refractivity contribution < 1.29 is 9.59 Å². The summed E-state index contributed by atoms with van der Waals surface area (Å²) < 4.78 is 0. The van der Waals surface area contributed by atoms with E-state index >= 15 is 0 Å². The largest absolute Gasteiger partial charge is 0.325 e. The molecule has 18 heavy (non-hydrogen) atoms. The van der Waals surface area contributed by atoms with Gasteiger partial charge in [0, 0.05) is 5.69 Å². The summed E-state index contributed by atoms with van der Waals surface area (Å²) >= 11 is 5.56. The van der Waals surface area contributed by atoms with Crippen molar-refractivity contribution in [1.29, 1.82) is 0 Å². The number of aryl methyl sites for hydroxylation is 1. The summed E-state index contributed by atoms with van der Waals surface area (Å²) in [4.78, 5) is 22.8. The molecule has 1 aromatic carbocycles. The fourth-order valence-electron chi connectivity index (χ4n) is 1.49. The first-order valence-electron chi connectivity index (χ1n) is 5.88. The number of hydrogen-bond acceptors (Lipinski definition) is 2. The molecule has 5 heteroatoms. The SMILES string of the molecule is CCCc1ccccc1NC(=O)NC(=O)C(C)Cl. The van der Waals surface area contributed by atoms with E-state index in [9.17, 15) is 9.59 Å². The lowest BCUT2D eigenvalue weighted by Gasteiger charge is -2.11. The van der Waals surface area contributed by atoms with Gasteiger partial charge in [-0.05, 0) is 25.0 Å². The summed E-state index contributed by atoms with van der Waals surface area (Å²) in [5.74, 6) is -0.512. The molecule has 0 saturated carbocycles. The van der Waals surface area contributed by atoms with Crippen molar-refractivity contribution >= 4 is 29.2 Å². The number of benzene rings is 1. The Hall–Kier alpha value is -1.55. The lowest BCUT2D eigenvalue weighted by atomic mass is 10.1. The third-order valence-corrected chi connectivity index (χ3v) is 2.58. The highest BCUT2D eigenvalue weighted by Crippen LogP contribution is 2.16. The van der Waals surface area contributed by atoms with Crippen LogP contribution in [0, 0.1) is 0 Å². The maximum absolute atomic E-state index is 11.6. The van der Waals surface area contributed by atoms with E-state index in [0.717, 1.165) is 18.4 Å². The third-order valence-electron chi connectivity index (χ3n) is 2.38. The molecule has 98 valence electrons. The van der Waals surface area contributed by atoms with Gasteiger partial charge in [0.2, 0.25) is 5.91 Å². The van der Waals surface area contributed by atoms with E-state index in [1.807, 2.05) is 18.2 Å². The molecule has 4 nitrogen and oxygen atoms in total. The van der Waals surface area contributed by atoms with Crippen molar-refractivity contribution in [2.45, 2.75) is 32.1 Å². The summed E-state index contributed by atoms with van der Waals surface area (Å²) in [6.45, 7) is 3.57. The Balaban J connectivity index is 2.67. The fraction of sp³-hybridized carbons (Fsp3) is 0.385. The molecule has 2 N–H and O–H groups in total. The Kier molecular flexibility index (Phi) is 5.65. The van der Waals surface area contributed by atoms with E-state index in [0.29, 0.717) is 5.69 Å². The Morgan fingerprint density at radius 1 is 1.33 bits per heavy atom. The van der Waals surface area contributed by atoms with Gasteiger partial charge in [-0.1, -0.05) is 31.5 Å². The molecule has 0 bridgehead atoms. The normalized spacial score (nSPS) is 11.7. The molecular formula is C13H17ClN2O2. The van der Waals surface area contributed by atoms with Crippen LogP contribution in [0.4, 0.5) is 10.5 Å². The van der Waals surface area contributed by atoms with Crippen molar-refractivity contribution in [2.75, 3.05) is 5.32 Å². The summed E-state index contributed by atoms with van der Waals surface area (Å²) in [5, 5.41) is 4.09. The minimum atomic E-state index is -0.735. The predicted octanol–water partition coefficient (Wildman–Crippen LogP) is 2.91. The minimum Gasteiger partial charge on any atom is -0.307 e. The predicted molar refractivity (Wildman–Crippen MR) is 72.9 cm³/mol. The van der Waals surface area contributed by atoms with E-state index in [-0.39, 0.29) is 0 Å². The molecule has 1 rings (SSSR count). The van der Waals surface area contributed by atoms with Crippen molar-refractivity contribution in [1.82, 2.24) is 5.32 Å². The lowest BCUT2D eigenvalue weighted by molar-refractivity contribution is -0.119. The molecular weight excluding hydrogens is 252 g/mol. The van der Waals surface area contributed by atoms with E-state index in [4.69, 9.17) is 11.6 Å². The number of rotatable bonds is 4. The molecule has 0 heterocycles. The quantitative estimate of drug-likeness (QED) is 0.825. The van der Waals surface area contributed by atoms with Gasteiger partial charge in [-0.3, -0.25) is 10.1 Å². The summed E-state index contributed by atoms with van der Waals surface area (Å²) in [6, 6.07) is 6.95. The number of alkyl halides is 1. The zero-order valence-corrected chi connectivity index (χ0v) is 11.3. The molecule has 0 aliphatic carbocycles. The molecule has 3 amide bonds. The number of hydrogen-bond donors (Lipinski definition) is 2. The summed E-state index contributed by atoms with van der Waals surface area (Å²) in [6.07, 6.45) is 1.86. The van der Waals surface area contributed by atoms with Crippen LogP contribution in [0.25, 0.3) is 0 Å². The molecule has 0 saturated heterocycles. The molecule has 1 atom stereocenters. The maximum atomic E-state index is 11.6. The molecule has 0 aromatic heterocycles. The first-order chi connectivity index (χ1) is 8.54. The van der Waals surface area contributed by atoms with Gasteiger partial charge in [0.25, 0.3) is 0 Å².